The second-order valence-electron chi connectivity index (χ2n) is 6.14. The van der Waals surface area contributed by atoms with Crippen LogP contribution in [0.4, 0.5) is 10.1 Å². The van der Waals surface area contributed by atoms with Gasteiger partial charge in [-0.1, -0.05) is 24.3 Å². The molecule has 0 aromatic heterocycles. The van der Waals surface area contributed by atoms with Crippen molar-refractivity contribution < 1.29 is 23.8 Å². The van der Waals surface area contributed by atoms with Gasteiger partial charge in [0.25, 0.3) is 5.91 Å². The molecule has 0 saturated carbocycles. The number of nitrogens with one attached hydrogen (secondary N) is 1. The minimum absolute atomic E-state index is 0.312. The molecule has 2 N–H and O–H groups in total. The molecule has 2 aliphatic heterocycles. The number of fused-ring (bicyclic) bond motifs is 1. The van der Waals surface area contributed by atoms with Crippen LogP contribution in [0, 0.1) is 5.82 Å². The molecule has 2 aromatic carbocycles. The quantitative estimate of drug-likeness (QED) is 0.816. The topological polar surface area (TPSA) is 75.6 Å². The first-order valence-electron chi connectivity index (χ1n) is 8.21. The van der Waals surface area contributed by atoms with E-state index in [2.05, 4.69) is 5.32 Å². The number of halogens is 1. The fourth-order valence-electron chi connectivity index (χ4n) is 3.07. The number of allylic oxidation sites excluding steroid dienone is 1. The standard InChI is InChI=1S/C21H14FNO4/c22-15-6-7-16-17(10-15)23-21(26)20(16)18-9-14(11-27-18)13-4-1-12(2-5-13)3-8-19(24)25/h1-10H,11H2,(H,23,26)(H,24,25). The molecule has 4 rings (SSSR count). The van der Waals surface area contributed by atoms with Crippen molar-refractivity contribution in [1.29, 1.82) is 0 Å². The number of hydrogen-bond donors (Lipinski definition) is 2. The number of carbonyl (C=O) groups is 2. The third kappa shape index (κ3) is 3.25. The Bertz CT molecular complexity index is 1050. The normalized spacial score (nSPS) is 18.3. The monoisotopic (exact) mass is 363 g/mol. The number of ether oxygens (including phenoxy) is 1. The van der Waals surface area contributed by atoms with Crippen LogP contribution in [0.5, 0.6) is 0 Å². The Hall–Kier alpha value is -3.67. The third-order valence-electron chi connectivity index (χ3n) is 4.36. The molecule has 27 heavy (non-hydrogen) atoms. The number of carboxylic acids is 1. The van der Waals surface area contributed by atoms with Crippen molar-refractivity contribution in [3.8, 4) is 0 Å². The molecule has 0 saturated heterocycles. The number of amides is 1. The van der Waals surface area contributed by atoms with Gasteiger partial charge in [-0.2, -0.15) is 0 Å². The molecule has 0 unspecified atom stereocenters. The van der Waals surface area contributed by atoms with Crippen LogP contribution in [0.25, 0.3) is 17.2 Å². The first kappa shape index (κ1) is 16.8. The van der Waals surface area contributed by atoms with Gasteiger partial charge in [0, 0.05) is 17.2 Å². The highest BCUT2D eigenvalue weighted by Crippen LogP contribution is 2.38. The Kier molecular flexibility index (Phi) is 4.08. The molecule has 1 amide bonds. The van der Waals surface area contributed by atoms with Crippen molar-refractivity contribution >= 4 is 34.8 Å². The van der Waals surface area contributed by atoms with Crippen molar-refractivity contribution in [2.24, 2.45) is 0 Å². The van der Waals surface area contributed by atoms with E-state index in [9.17, 15) is 14.0 Å². The van der Waals surface area contributed by atoms with E-state index in [1.165, 1.54) is 18.2 Å². The molecular weight excluding hydrogens is 349 g/mol. The minimum Gasteiger partial charge on any atom is -0.488 e. The maximum Gasteiger partial charge on any atom is 0.328 e. The molecule has 0 aliphatic carbocycles. The van der Waals surface area contributed by atoms with Crippen LogP contribution in [0.3, 0.4) is 0 Å². The van der Waals surface area contributed by atoms with Crippen molar-refractivity contribution in [1.82, 2.24) is 0 Å². The Labute approximate surface area is 154 Å². The first-order valence-corrected chi connectivity index (χ1v) is 8.21. The summed E-state index contributed by atoms with van der Waals surface area (Å²) in [5.41, 5.74) is 4.02. The molecule has 6 heteroatoms. The molecule has 2 aliphatic rings. The Morgan fingerprint density at radius 1 is 1.19 bits per heavy atom. The highest BCUT2D eigenvalue weighted by molar-refractivity contribution is 6.32. The predicted molar refractivity (Wildman–Crippen MR) is 99.0 cm³/mol. The second kappa shape index (κ2) is 6.57. The molecule has 0 atom stereocenters. The van der Waals surface area contributed by atoms with E-state index >= 15 is 0 Å². The summed E-state index contributed by atoms with van der Waals surface area (Å²) in [5.74, 6) is -1.29. The highest BCUT2D eigenvalue weighted by atomic mass is 19.1. The number of carboxylic acid groups (broad SMARTS) is 1. The summed E-state index contributed by atoms with van der Waals surface area (Å²) in [4.78, 5) is 22.9. The lowest BCUT2D eigenvalue weighted by Gasteiger charge is -2.03. The van der Waals surface area contributed by atoms with Gasteiger partial charge in [0.1, 0.15) is 18.2 Å². The number of rotatable bonds is 3. The van der Waals surface area contributed by atoms with E-state index in [1.807, 2.05) is 12.1 Å². The largest absolute Gasteiger partial charge is 0.488 e. The van der Waals surface area contributed by atoms with Gasteiger partial charge in [-0.25, -0.2) is 9.18 Å². The Morgan fingerprint density at radius 2 is 1.96 bits per heavy atom. The van der Waals surface area contributed by atoms with Crippen LogP contribution in [0.2, 0.25) is 0 Å². The van der Waals surface area contributed by atoms with E-state index in [-0.39, 0.29) is 5.91 Å². The average molecular weight is 363 g/mol. The maximum atomic E-state index is 13.4. The molecule has 0 fully saturated rings. The number of anilines is 1. The zero-order chi connectivity index (χ0) is 19.0. The van der Waals surface area contributed by atoms with Gasteiger partial charge in [-0.05, 0) is 41.5 Å². The van der Waals surface area contributed by atoms with Gasteiger partial charge in [-0.15, -0.1) is 0 Å². The Morgan fingerprint density at radius 3 is 2.70 bits per heavy atom. The van der Waals surface area contributed by atoms with Crippen LogP contribution in [0.15, 0.2) is 60.4 Å². The molecule has 134 valence electrons. The zero-order valence-electron chi connectivity index (χ0n) is 14.0. The molecule has 0 radical (unpaired) electrons. The molecular formula is C21H14FNO4. The van der Waals surface area contributed by atoms with E-state index < -0.39 is 11.8 Å². The van der Waals surface area contributed by atoms with Gasteiger partial charge >= 0.3 is 5.97 Å². The summed E-state index contributed by atoms with van der Waals surface area (Å²) in [7, 11) is 0. The summed E-state index contributed by atoms with van der Waals surface area (Å²) in [6, 6.07) is 11.5. The lowest BCUT2D eigenvalue weighted by Crippen LogP contribution is -2.05. The third-order valence-corrected chi connectivity index (χ3v) is 4.36. The van der Waals surface area contributed by atoms with Crippen molar-refractivity contribution in [2.45, 2.75) is 0 Å². The van der Waals surface area contributed by atoms with E-state index in [0.29, 0.717) is 29.2 Å². The van der Waals surface area contributed by atoms with Crippen LogP contribution in [-0.4, -0.2) is 23.6 Å². The van der Waals surface area contributed by atoms with Crippen LogP contribution >= 0.6 is 0 Å². The van der Waals surface area contributed by atoms with Crippen LogP contribution in [0.1, 0.15) is 16.7 Å². The number of carbonyl (C=O) groups excluding carboxylic acids is 1. The first-order chi connectivity index (χ1) is 13.0. The lowest BCUT2D eigenvalue weighted by molar-refractivity contribution is -0.131. The molecule has 2 heterocycles. The molecule has 0 bridgehead atoms. The molecule has 0 spiro atoms. The molecule has 2 aromatic rings. The highest BCUT2D eigenvalue weighted by Gasteiger charge is 2.30. The van der Waals surface area contributed by atoms with Gasteiger partial charge in [0.05, 0.1) is 11.3 Å². The summed E-state index contributed by atoms with van der Waals surface area (Å²) >= 11 is 0. The van der Waals surface area contributed by atoms with Gasteiger partial charge in [0.2, 0.25) is 0 Å². The van der Waals surface area contributed by atoms with E-state index in [4.69, 9.17) is 9.84 Å². The number of benzene rings is 2. The van der Waals surface area contributed by atoms with Crippen molar-refractivity contribution in [3.05, 3.63) is 82.9 Å². The van der Waals surface area contributed by atoms with E-state index in [0.717, 1.165) is 22.8 Å². The predicted octanol–water partition coefficient (Wildman–Crippen LogP) is 3.70. The van der Waals surface area contributed by atoms with Crippen molar-refractivity contribution in [2.75, 3.05) is 11.9 Å². The smallest absolute Gasteiger partial charge is 0.328 e. The number of aliphatic carboxylic acids is 1. The Balaban J connectivity index is 1.65. The van der Waals surface area contributed by atoms with Gasteiger partial charge < -0.3 is 15.2 Å². The minimum atomic E-state index is -1.00. The SMILES string of the molecule is O=C(O)C=Cc1ccc(C2=CC(=C3C(=O)Nc4cc(F)ccc43)OC2)cc1. The fraction of sp³-hybridized carbons (Fsp3) is 0.0476. The van der Waals surface area contributed by atoms with Crippen LogP contribution < -0.4 is 5.32 Å². The zero-order valence-corrected chi connectivity index (χ0v) is 14.0. The summed E-state index contributed by atoms with van der Waals surface area (Å²) in [6.45, 7) is 0.312. The van der Waals surface area contributed by atoms with Crippen molar-refractivity contribution in [3.63, 3.8) is 0 Å². The van der Waals surface area contributed by atoms with Crippen LogP contribution in [-0.2, 0) is 14.3 Å². The summed E-state index contributed by atoms with van der Waals surface area (Å²) in [6.07, 6.45) is 4.39. The molecule has 5 nitrogen and oxygen atoms in total. The summed E-state index contributed by atoms with van der Waals surface area (Å²) in [5, 5.41) is 11.3. The average Bonchev–Trinajstić information content (AvgIpc) is 3.23. The number of hydrogen-bond acceptors (Lipinski definition) is 3. The maximum absolute atomic E-state index is 13.4. The summed E-state index contributed by atoms with van der Waals surface area (Å²) < 4.78 is 19.1. The second-order valence-corrected chi connectivity index (χ2v) is 6.14. The lowest BCUT2D eigenvalue weighted by atomic mass is 10.0. The fourth-order valence-corrected chi connectivity index (χ4v) is 3.07. The van der Waals surface area contributed by atoms with Gasteiger partial charge in [0.15, 0.2) is 0 Å². The van der Waals surface area contributed by atoms with Gasteiger partial charge in [-0.3, -0.25) is 4.79 Å². The van der Waals surface area contributed by atoms with E-state index in [1.54, 1.807) is 24.3 Å².